The van der Waals surface area contributed by atoms with E-state index in [1.807, 2.05) is 11.9 Å². The Morgan fingerprint density at radius 2 is 2.12 bits per heavy atom. The van der Waals surface area contributed by atoms with Crippen LogP contribution in [0.1, 0.15) is 12.8 Å². The summed E-state index contributed by atoms with van der Waals surface area (Å²) >= 11 is 0. The quantitative estimate of drug-likeness (QED) is 0.688. The number of nitriles is 1. The second-order valence-corrected chi connectivity index (χ2v) is 7.23. The van der Waals surface area contributed by atoms with Crippen LogP contribution in [0.3, 0.4) is 0 Å². The Kier molecular flexibility index (Phi) is 4.53. The summed E-state index contributed by atoms with van der Waals surface area (Å²) in [5.74, 6) is 0.539. The molecule has 1 saturated carbocycles. The minimum absolute atomic E-state index is 0.138. The molecule has 0 saturated heterocycles. The van der Waals surface area contributed by atoms with Gasteiger partial charge in [0, 0.05) is 19.3 Å². The molecule has 0 radical (unpaired) electrons. The third-order valence-electron chi connectivity index (χ3n) is 3.28. The predicted octanol–water partition coefficient (Wildman–Crippen LogP) is -0.145. The van der Waals surface area contributed by atoms with Gasteiger partial charge < -0.3 is 10.2 Å². The highest BCUT2D eigenvalue weighted by molar-refractivity contribution is 7.90. The average molecular weight is 259 g/mol. The Balaban J connectivity index is 2.53. The van der Waals surface area contributed by atoms with Crippen LogP contribution in [0, 0.1) is 17.2 Å². The molecule has 1 atom stereocenters. The van der Waals surface area contributed by atoms with Crippen molar-refractivity contribution in [3.63, 3.8) is 0 Å². The number of hydrogen-bond donors (Lipinski definition) is 1. The van der Waals surface area contributed by atoms with Crippen LogP contribution in [0.4, 0.5) is 0 Å². The molecular formula is C11H21N3O2S. The van der Waals surface area contributed by atoms with Gasteiger partial charge in [0.05, 0.1) is 11.8 Å². The van der Waals surface area contributed by atoms with Crippen molar-refractivity contribution >= 4 is 9.84 Å². The van der Waals surface area contributed by atoms with Crippen molar-refractivity contribution in [3.8, 4) is 6.07 Å². The van der Waals surface area contributed by atoms with Gasteiger partial charge in [0.15, 0.2) is 0 Å². The van der Waals surface area contributed by atoms with Gasteiger partial charge in [0.1, 0.15) is 15.4 Å². The molecule has 0 spiro atoms. The molecule has 0 aromatic carbocycles. The normalized spacial score (nSPS) is 19.9. The van der Waals surface area contributed by atoms with E-state index in [1.54, 1.807) is 7.05 Å². The molecule has 1 rings (SSSR count). The second kappa shape index (κ2) is 5.34. The zero-order valence-electron chi connectivity index (χ0n) is 10.7. The fourth-order valence-corrected chi connectivity index (χ4v) is 2.64. The molecule has 1 aliphatic rings. The highest BCUT2D eigenvalue weighted by Gasteiger charge is 2.45. The topological polar surface area (TPSA) is 73.2 Å². The van der Waals surface area contributed by atoms with Gasteiger partial charge in [0.25, 0.3) is 0 Å². The van der Waals surface area contributed by atoms with E-state index in [-0.39, 0.29) is 5.75 Å². The van der Waals surface area contributed by atoms with Crippen LogP contribution in [-0.2, 0) is 9.84 Å². The number of sulfone groups is 1. The minimum atomic E-state index is -2.94. The van der Waals surface area contributed by atoms with Crippen molar-refractivity contribution in [1.82, 2.24) is 10.2 Å². The summed E-state index contributed by atoms with van der Waals surface area (Å²) in [5.41, 5.74) is -0.522. The lowest BCUT2D eigenvalue weighted by atomic mass is 9.94. The molecule has 0 bridgehead atoms. The van der Waals surface area contributed by atoms with E-state index < -0.39 is 15.4 Å². The number of rotatable bonds is 7. The highest BCUT2D eigenvalue weighted by Crippen LogP contribution is 2.39. The smallest absolute Gasteiger partial charge is 0.148 e. The van der Waals surface area contributed by atoms with Crippen LogP contribution < -0.4 is 5.32 Å². The van der Waals surface area contributed by atoms with Gasteiger partial charge in [-0.25, -0.2) is 8.42 Å². The second-order valence-electron chi connectivity index (χ2n) is 4.98. The van der Waals surface area contributed by atoms with Gasteiger partial charge in [-0.15, -0.1) is 0 Å². The van der Waals surface area contributed by atoms with Crippen molar-refractivity contribution < 1.29 is 8.42 Å². The standard InChI is InChI=1S/C11H21N3O2S/c1-13-11(8-12,10-4-5-10)9-14(2)6-7-17(3,15)16/h10,13H,4-7,9H2,1-3H3. The van der Waals surface area contributed by atoms with E-state index in [2.05, 4.69) is 11.4 Å². The summed E-state index contributed by atoms with van der Waals surface area (Å²) in [4.78, 5) is 1.92. The molecule has 1 N–H and O–H groups in total. The largest absolute Gasteiger partial charge is 0.302 e. The van der Waals surface area contributed by atoms with Crippen molar-refractivity contribution in [2.24, 2.45) is 5.92 Å². The maximum Gasteiger partial charge on any atom is 0.148 e. The summed E-state index contributed by atoms with van der Waals surface area (Å²) in [6.45, 7) is 1.04. The van der Waals surface area contributed by atoms with E-state index in [0.717, 1.165) is 12.8 Å². The third kappa shape index (κ3) is 4.26. The SMILES string of the molecule is CNC(C#N)(CN(C)CCS(C)(=O)=O)C1CC1. The average Bonchev–Trinajstić information content (AvgIpc) is 3.06. The van der Waals surface area contributed by atoms with Crippen LogP contribution in [0.2, 0.25) is 0 Å². The molecule has 0 aromatic rings. The Morgan fingerprint density at radius 1 is 1.53 bits per heavy atom. The third-order valence-corrected chi connectivity index (χ3v) is 4.21. The van der Waals surface area contributed by atoms with E-state index >= 15 is 0 Å². The fourth-order valence-electron chi connectivity index (χ4n) is 2.00. The molecular weight excluding hydrogens is 238 g/mol. The van der Waals surface area contributed by atoms with Gasteiger partial charge >= 0.3 is 0 Å². The maximum absolute atomic E-state index is 11.1. The molecule has 98 valence electrons. The molecule has 1 unspecified atom stereocenters. The maximum atomic E-state index is 11.1. The van der Waals surface area contributed by atoms with Gasteiger partial charge in [-0.05, 0) is 32.9 Å². The first-order valence-corrected chi connectivity index (χ1v) is 7.85. The monoisotopic (exact) mass is 259 g/mol. The first-order valence-electron chi connectivity index (χ1n) is 5.79. The Labute approximate surface area is 104 Å². The lowest BCUT2D eigenvalue weighted by Crippen LogP contribution is -2.52. The number of likely N-dealkylation sites (N-methyl/N-ethyl adjacent to an activating group) is 2. The van der Waals surface area contributed by atoms with Crippen molar-refractivity contribution in [2.75, 3.05) is 39.2 Å². The Bertz CT molecular complexity index is 397. The molecule has 17 heavy (non-hydrogen) atoms. The molecule has 1 fully saturated rings. The molecule has 0 heterocycles. The molecule has 5 nitrogen and oxygen atoms in total. The van der Waals surface area contributed by atoms with Crippen LogP contribution in [0.25, 0.3) is 0 Å². The molecule has 6 heteroatoms. The Morgan fingerprint density at radius 3 is 2.47 bits per heavy atom. The van der Waals surface area contributed by atoms with Crippen molar-refractivity contribution in [2.45, 2.75) is 18.4 Å². The molecule has 0 aromatic heterocycles. The van der Waals surface area contributed by atoms with Gasteiger partial charge in [-0.2, -0.15) is 5.26 Å². The summed E-state index contributed by atoms with van der Waals surface area (Å²) < 4.78 is 22.2. The zero-order valence-corrected chi connectivity index (χ0v) is 11.5. The van der Waals surface area contributed by atoms with Gasteiger partial charge in [-0.3, -0.25) is 0 Å². The van der Waals surface area contributed by atoms with Gasteiger partial charge in [0.2, 0.25) is 0 Å². The molecule has 1 aliphatic carbocycles. The van der Waals surface area contributed by atoms with E-state index in [1.165, 1.54) is 6.26 Å². The lowest BCUT2D eigenvalue weighted by molar-refractivity contribution is 0.246. The predicted molar refractivity (Wildman–Crippen MR) is 67.3 cm³/mol. The first kappa shape index (κ1) is 14.4. The number of nitrogens with one attached hydrogen (secondary N) is 1. The van der Waals surface area contributed by atoms with Crippen molar-refractivity contribution in [3.05, 3.63) is 0 Å². The van der Waals surface area contributed by atoms with E-state index in [9.17, 15) is 13.7 Å². The first-order chi connectivity index (χ1) is 7.83. The summed E-state index contributed by atoms with van der Waals surface area (Å²) in [6, 6.07) is 2.35. The summed E-state index contributed by atoms with van der Waals surface area (Å²) in [6.07, 6.45) is 3.39. The van der Waals surface area contributed by atoms with E-state index in [0.29, 0.717) is 19.0 Å². The highest BCUT2D eigenvalue weighted by atomic mass is 32.2. The lowest BCUT2D eigenvalue weighted by Gasteiger charge is -2.31. The zero-order chi connectivity index (χ0) is 13.1. The summed E-state index contributed by atoms with van der Waals surface area (Å²) in [7, 11) is 0.718. The van der Waals surface area contributed by atoms with Crippen LogP contribution in [-0.4, -0.2) is 58.1 Å². The van der Waals surface area contributed by atoms with Gasteiger partial charge in [-0.1, -0.05) is 0 Å². The fraction of sp³-hybridized carbons (Fsp3) is 0.909. The van der Waals surface area contributed by atoms with E-state index in [4.69, 9.17) is 0 Å². The van der Waals surface area contributed by atoms with Crippen LogP contribution in [0.5, 0.6) is 0 Å². The number of nitrogens with zero attached hydrogens (tertiary/aromatic N) is 2. The number of hydrogen-bond acceptors (Lipinski definition) is 5. The van der Waals surface area contributed by atoms with Crippen LogP contribution in [0.15, 0.2) is 0 Å². The summed E-state index contributed by atoms with van der Waals surface area (Å²) in [5, 5.41) is 12.4. The minimum Gasteiger partial charge on any atom is -0.302 e. The molecule has 0 amide bonds. The molecule has 0 aliphatic heterocycles. The Hall–Kier alpha value is -0.640. The van der Waals surface area contributed by atoms with Crippen molar-refractivity contribution in [1.29, 1.82) is 5.26 Å². The van der Waals surface area contributed by atoms with Crippen LogP contribution >= 0.6 is 0 Å².